The predicted octanol–water partition coefficient (Wildman–Crippen LogP) is 3.77. The number of fused-ring (bicyclic) bond motifs is 2. The van der Waals surface area contributed by atoms with Crippen molar-refractivity contribution in [2.75, 3.05) is 4.90 Å². The highest BCUT2D eigenvalue weighted by Crippen LogP contribution is 2.45. The van der Waals surface area contributed by atoms with Crippen LogP contribution in [0.4, 0.5) is 11.4 Å². The topological polar surface area (TPSA) is 61.2 Å². The fourth-order valence-electron chi connectivity index (χ4n) is 2.89. The van der Waals surface area contributed by atoms with Gasteiger partial charge in [-0.3, -0.25) is 9.69 Å². The van der Waals surface area contributed by atoms with Gasteiger partial charge in [-0.1, -0.05) is 23.7 Å². The quantitative estimate of drug-likeness (QED) is 0.658. The van der Waals surface area contributed by atoms with Crippen molar-refractivity contribution in [1.29, 1.82) is 0 Å². The van der Waals surface area contributed by atoms with E-state index in [0.29, 0.717) is 39.2 Å². The zero-order valence-corrected chi connectivity index (χ0v) is 14.7. The van der Waals surface area contributed by atoms with Gasteiger partial charge in [0.05, 0.1) is 6.33 Å². The number of nitrogens with zero attached hydrogens (tertiary/aromatic N) is 3. The van der Waals surface area contributed by atoms with E-state index in [1.54, 1.807) is 41.7 Å². The number of aromatic nitrogens is 2. The third-order valence-corrected chi connectivity index (χ3v) is 5.78. The van der Waals surface area contributed by atoms with Crippen molar-refractivity contribution in [3.63, 3.8) is 0 Å². The second kappa shape index (κ2) is 6.55. The lowest BCUT2D eigenvalue weighted by atomic mass is 10.2. The third kappa shape index (κ3) is 2.93. The van der Waals surface area contributed by atoms with Crippen LogP contribution in [0.1, 0.15) is 6.42 Å². The molecule has 0 saturated heterocycles. The first-order chi connectivity index (χ1) is 12.1. The Morgan fingerprint density at radius 2 is 1.96 bits per heavy atom. The van der Waals surface area contributed by atoms with Crippen LogP contribution in [0.2, 0.25) is 5.02 Å². The number of rotatable bonds is 3. The highest BCUT2D eigenvalue weighted by Gasteiger charge is 2.36. The summed E-state index contributed by atoms with van der Waals surface area (Å²) in [7, 11) is 0. The van der Waals surface area contributed by atoms with Crippen LogP contribution in [0.3, 0.4) is 0 Å². The molecule has 0 spiro atoms. The van der Waals surface area contributed by atoms with Crippen molar-refractivity contribution in [2.24, 2.45) is 0 Å². The number of hydrogen-bond acceptors (Lipinski definition) is 3. The summed E-state index contributed by atoms with van der Waals surface area (Å²) >= 11 is 4.79. The Bertz CT molecular complexity index is 930. The molecule has 0 fully saturated rings. The van der Waals surface area contributed by atoms with Crippen LogP contribution in [0.25, 0.3) is 0 Å². The number of benzene rings is 2. The number of amides is 1. The second-order valence-electron chi connectivity index (χ2n) is 5.63. The van der Waals surface area contributed by atoms with Crippen molar-refractivity contribution in [2.45, 2.75) is 22.8 Å². The van der Waals surface area contributed by atoms with Gasteiger partial charge in [-0.15, -0.1) is 0 Å². The molecule has 0 saturated carbocycles. The molecule has 1 amide bonds. The van der Waals surface area contributed by atoms with E-state index < -0.39 is 11.2 Å². The normalized spacial score (nSPS) is 15.6. The van der Waals surface area contributed by atoms with Crippen LogP contribution in [-0.4, -0.2) is 20.0 Å². The summed E-state index contributed by atoms with van der Waals surface area (Å²) < 4.78 is 14.7. The lowest BCUT2D eigenvalue weighted by Crippen LogP contribution is -2.32. The molecule has 0 radical (unpaired) electrons. The number of para-hydroxylation sites is 1. The third-order valence-electron chi connectivity index (χ3n) is 4.06. The Morgan fingerprint density at radius 1 is 1.16 bits per heavy atom. The fourth-order valence-corrected chi connectivity index (χ4v) is 4.38. The molecule has 4 rings (SSSR count). The highest BCUT2D eigenvalue weighted by atomic mass is 35.5. The van der Waals surface area contributed by atoms with Crippen LogP contribution in [0.15, 0.2) is 71.0 Å². The number of aryl methyl sites for hydroxylation is 1. The van der Waals surface area contributed by atoms with Crippen LogP contribution in [-0.2, 0) is 22.5 Å². The summed E-state index contributed by atoms with van der Waals surface area (Å²) in [5.41, 5.74) is 1.23. The van der Waals surface area contributed by atoms with Gasteiger partial charge < -0.3 is 9.12 Å². The van der Waals surface area contributed by atoms with Gasteiger partial charge in [0, 0.05) is 41.6 Å². The Labute approximate surface area is 153 Å². The number of carbonyl (C=O) groups excluding carboxylic acids is 1. The lowest BCUT2D eigenvalue weighted by Gasteiger charge is -2.31. The lowest BCUT2D eigenvalue weighted by molar-refractivity contribution is -0.118. The largest absolute Gasteiger partial charge is 0.606 e. The van der Waals surface area contributed by atoms with E-state index in [2.05, 4.69) is 4.98 Å². The van der Waals surface area contributed by atoms with Crippen LogP contribution >= 0.6 is 11.6 Å². The first kappa shape index (κ1) is 16.2. The molecule has 0 aliphatic carbocycles. The molecular formula is C18H14ClN3O2S. The summed E-state index contributed by atoms with van der Waals surface area (Å²) in [5.74, 6) is -0.0821. The molecule has 1 aliphatic rings. The molecular weight excluding hydrogens is 358 g/mol. The minimum Gasteiger partial charge on any atom is -0.606 e. The van der Waals surface area contributed by atoms with Crippen molar-refractivity contribution >= 4 is 40.1 Å². The van der Waals surface area contributed by atoms with Gasteiger partial charge in [0.2, 0.25) is 5.91 Å². The molecule has 1 aliphatic heterocycles. The van der Waals surface area contributed by atoms with Crippen molar-refractivity contribution in [3.05, 3.63) is 66.2 Å². The molecule has 0 bridgehead atoms. The van der Waals surface area contributed by atoms with E-state index in [4.69, 9.17) is 11.6 Å². The zero-order valence-electron chi connectivity index (χ0n) is 13.1. The summed E-state index contributed by atoms with van der Waals surface area (Å²) in [6, 6.07) is 12.4. The zero-order chi connectivity index (χ0) is 17.4. The summed E-state index contributed by atoms with van der Waals surface area (Å²) in [5, 5.41) is 0.502. The first-order valence-corrected chi connectivity index (χ1v) is 9.27. The Balaban J connectivity index is 1.74. The van der Waals surface area contributed by atoms with E-state index in [1.165, 1.54) is 0 Å². The number of imidazole rings is 1. The molecule has 3 aromatic rings. The number of hydrogen-bond donors (Lipinski definition) is 0. The predicted molar refractivity (Wildman–Crippen MR) is 96.6 cm³/mol. The maximum Gasteiger partial charge on any atom is 0.233 e. The number of halogens is 1. The molecule has 126 valence electrons. The van der Waals surface area contributed by atoms with E-state index in [9.17, 15) is 9.35 Å². The molecule has 2 heterocycles. The van der Waals surface area contributed by atoms with Gasteiger partial charge in [-0.25, -0.2) is 4.98 Å². The van der Waals surface area contributed by atoms with Gasteiger partial charge in [-0.05, 0) is 30.3 Å². The van der Waals surface area contributed by atoms with Crippen LogP contribution < -0.4 is 4.90 Å². The van der Waals surface area contributed by atoms with Gasteiger partial charge in [0.15, 0.2) is 9.79 Å². The smallest absolute Gasteiger partial charge is 0.233 e. The summed E-state index contributed by atoms with van der Waals surface area (Å²) in [6.07, 6.45) is 5.47. The summed E-state index contributed by atoms with van der Waals surface area (Å²) in [6.45, 7) is 0.524. The fraction of sp³-hybridized carbons (Fsp3) is 0.111. The molecule has 0 N–H and O–H groups in total. The van der Waals surface area contributed by atoms with Crippen LogP contribution in [0.5, 0.6) is 0 Å². The van der Waals surface area contributed by atoms with Gasteiger partial charge in [0.25, 0.3) is 0 Å². The highest BCUT2D eigenvalue weighted by molar-refractivity contribution is 7.92. The van der Waals surface area contributed by atoms with Crippen molar-refractivity contribution in [1.82, 2.24) is 9.55 Å². The first-order valence-electron chi connectivity index (χ1n) is 7.74. The number of carbonyl (C=O) groups is 1. The van der Waals surface area contributed by atoms with Crippen molar-refractivity contribution < 1.29 is 9.35 Å². The van der Waals surface area contributed by atoms with Gasteiger partial charge >= 0.3 is 0 Å². The average molecular weight is 372 g/mol. The average Bonchev–Trinajstić information content (AvgIpc) is 3.13. The second-order valence-corrected chi connectivity index (χ2v) is 7.48. The monoisotopic (exact) mass is 371 g/mol. The minimum absolute atomic E-state index is 0.0821. The molecule has 1 atom stereocenters. The summed E-state index contributed by atoms with van der Waals surface area (Å²) in [4.78, 5) is 19.8. The molecule has 1 aromatic heterocycles. The Kier molecular flexibility index (Phi) is 4.25. The molecule has 7 heteroatoms. The molecule has 2 aromatic carbocycles. The maximum atomic E-state index is 13.0. The Hall–Kier alpha value is -2.28. The van der Waals surface area contributed by atoms with Gasteiger partial charge in [0.1, 0.15) is 11.4 Å². The van der Waals surface area contributed by atoms with E-state index in [-0.39, 0.29) is 5.91 Å². The molecule has 25 heavy (non-hydrogen) atoms. The SMILES string of the molecule is O=C(CCn1ccnc1)N1c2ccccc2[S+]([O-])c2ccc(Cl)cc21. The van der Waals surface area contributed by atoms with Crippen LogP contribution in [0, 0.1) is 0 Å². The standard InChI is InChI=1S/C18H14ClN3O2S/c19-13-5-6-17-15(11-13)22(14-3-1-2-4-16(14)25(17)24)18(23)7-9-21-10-8-20-12-21/h1-6,8,10-12H,7,9H2. The molecule has 1 unspecified atom stereocenters. The van der Waals surface area contributed by atoms with E-state index >= 15 is 0 Å². The minimum atomic E-state index is -1.34. The number of anilines is 2. The molecule has 5 nitrogen and oxygen atoms in total. The maximum absolute atomic E-state index is 13.0. The van der Waals surface area contributed by atoms with E-state index in [0.717, 1.165) is 0 Å². The van der Waals surface area contributed by atoms with E-state index in [1.807, 2.05) is 29.0 Å². The van der Waals surface area contributed by atoms with Crippen molar-refractivity contribution in [3.8, 4) is 0 Å². The Morgan fingerprint density at radius 3 is 2.76 bits per heavy atom. The van der Waals surface area contributed by atoms with Gasteiger partial charge in [-0.2, -0.15) is 0 Å².